The van der Waals surface area contributed by atoms with Gasteiger partial charge in [0.25, 0.3) is 6.02 Å². The van der Waals surface area contributed by atoms with Crippen LogP contribution in [0.3, 0.4) is 0 Å². The maximum atomic E-state index is 6.81. The zero-order valence-electron chi connectivity index (χ0n) is 22.7. The van der Waals surface area contributed by atoms with Gasteiger partial charge in [-0.1, -0.05) is 110 Å². The fourth-order valence-electron chi connectivity index (χ4n) is 10.3. The van der Waals surface area contributed by atoms with Gasteiger partial charge in [-0.15, -0.1) is 0 Å². The van der Waals surface area contributed by atoms with Crippen molar-refractivity contribution in [3.05, 3.63) is 78.9 Å². The molecule has 3 aromatic rings. The summed E-state index contributed by atoms with van der Waals surface area (Å²) in [6.07, 6.45) is 10.8. The Bertz CT molecular complexity index is 1370. The smallest absolute Gasteiger partial charge is 0.288 e. The van der Waals surface area contributed by atoms with E-state index >= 15 is 0 Å². The summed E-state index contributed by atoms with van der Waals surface area (Å²) in [6, 6.07) is 32.1. The van der Waals surface area contributed by atoms with Crippen molar-refractivity contribution in [2.45, 2.75) is 87.2 Å². The van der Waals surface area contributed by atoms with Crippen molar-refractivity contribution >= 4 is 18.2 Å². The highest BCUT2D eigenvalue weighted by atomic mass is 16.5. The predicted octanol–water partition coefficient (Wildman–Crippen LogP) is 7.05. The minimum absolute atomic E-state index is 0.377. The van der Waals surface area contributed by atoms with Crippen LogP contribution >= 0.6 is 0 Å². The van der Waals surface area contributed by atoms with E-state index < -0.39 is 0 Å². The molecule has 0 amide bonds. The van der Waals surface area contributed by atoms with E-state index in [9.17, 15) is 0 Å². The number of hydrogen-bond acceptors (Lipinski definition) is 3. The van der Waals surface area contributed by atoms with Crippen molar-refractivity contribution in [3.63, 3.8) is 0 Å². The van der Waals surface area contributed by atoms with Gasteiger partial charge in [0.05, 0.1) is 12.1 Å². The van der Waals surface area contributed by atoms with E-state index in [4.69, 9.17) is 9.73 Å². The summed E-state index contributed by atoms with van der Waals surface area (Å²) in [5.74, 6) is 2.78. The molecule has 3 heterocycles. The van der Waals surface area contributed by atoms with Crippen LogP contribution in [0, 0.1) is 11.8 Å². The molecule has 39 heavy (non-hydrogen) atoms. The number of benzene rings is 3. The van der Waals surface area contributed by atoms with Crippen LogP contribution in [-0.4, -0.2) is 41.9 Å². The minimum atomic E-state index is 0.377. The zero-order valence-corrected chi connectivity index (χ0v) is 22.7. The van der Waals surface area contributed by atoms with Crippen LogP contribution in [0.2, 0.25) is 11.6 Å². The second kappa shape index (κ2) is 8.75. The zero-order chi connectivity index (χ0) is 25.5. The van der Waals surface area contributed by atoms with Gasteiger partial charge >= 0.3 is 0 Å². The Morgan fingerprint density at radius 1 is 0.667 bits per heavy atom. The molecule has 3 aliphatic carbocycles. The third-order valence-electron chi connectivity index (χ3n) is 11.5. The van der Waals surface area contributed by atoms with Crippen LogP contribution < -0.4 is 5.46 Å². The summed E-state index contributed by atoms with van der Waals surface area (Å²) < 4.78 is 6.81. The third kappa shape index (κ3) is 3.27. The first-order valence-corrected chi connectivity index (χ1v) is 15.6. The van der Waals surface area contributed by atoms with Gasteiger partial charge in [0.15, 0.2) is 6.71 Å². The number of hydrogen-bond donors (Lipinski definition) is 0. The Morgan fingerprint density at radius 3 is 2.10 bits per heavy atom. The van der Waals surface area contributed by atoms with Gasteiger partial charge in [0.2, 0.25) is 0 Å². The molecule has 3 nitrogen and oxygen atoms in total. The molecule has 196 valence electrons. The first-order chi connectivity index (χ1) is 19.4. The van der Waals surface area contributed by atoms with Gasteiger partial charge in [0, 0.05) is 12.0 Å². The van der Waals surface area contributed by atoms with Gasteiger partial charge < -0.3 is 9.64 Å². The Kier molecular flexibility index (Phi) is 5.11. The molecule has 8 atom stereocenters. The highest BCUT2D eigenvalue weighted by Crippen LogP contribution is 2.60. The largest absolute Gasteiger partial charge is 0.461 e. The van der Waals surface area contributed by atoms with E-state index in [1.165, 1.54) is 73.6 Å². The molecule has 0 radical (unpaired) electrons. The van der Waals surface area contributed by atoms with E-state index in [1.54, 1.807) is 5.46 Å². The van der Waals surface area contributed by atoms with Gasteiger partial charge in [-0.05, 0) is 65.5 Å². The first-order valence-electron chi connectivity index (χ1n) is 15.6. The molecule has 0 N–H and O–H groups in total. The Labute approximate surface area is 232 Å². The molecule has 0 aromatic heterocycles. The Hall–Kier alpha value is -3.01. The number of aliphatic imine (C=N–C) groups is 1. The maximum Gasteiger partial charge on any atom is 0.288 e. The molecule has 5 fully saturated rings. The quantitative estimate of drug-likeness (QED) is 0.352. The van der Waals surface area contributed by atoms with Crippen LogP contribution in [0.25, 0.3) is 22.3 Å². The van der Waals surface area contributed by atoms with Gasteiger partial charge in [-0.3, -0.25) is 0 Å². The van der Waals surface area contributed by atoms with Crippen LogP contribution in [0.15, 0.2) is 83.9 Å². The van der Waals surface area contributed by atoms with E-state index in [-0.39, 0.29) is 0 Å². The lowest BCUT2D eigenvalue weighted by Crippen LogP contribution is -2.72. The van der Waals surface area contributed by atoms with Crippen LogP contribution in [0.1, 0.15) is 51.4 Å². The summed E-state index contributed by atoms with van der Waals surface area (Å²) in [7, 11) is 0. The van der Waals surface area contributed by atoms with E-state index in [0.717, 1.165) is 11.9 Å². The molecule has 3 aliphatic heterocycles. The van der Waals surface area contributed by atoms with Gasteiger partial charge in [-0.25, -0.2) is 4.99 Å². The second-order valence-electron chi connectivity index (χ2n) is 13.2. The lowest BCUT2D eigenvalue weighted by molar-refractivity contribution is -0.0848. The number of rotatable bonds is 3. The molecule has 6 aliphatic rings. The third-order valence-corrected chi connectivity index (χ3v) is 11.5. The number of ether oxygens (including phenoxy) is 1. The molecule has 8 unspecified atom stereocenters. The number of amidine groups is 1. The van der Waals surface area contributed by atoms with Crippen LogP contribution in [-0.2, 0) is 4.74 Å². The topological polar surface area (TPSA) is 24.8 Å². The summed E-state index contributed by atoms with van der Waals surface area (Å²) in [6.45, 7) is 0.557. The molecule has 9 rings (SSSR count). The van der Waals surface area contributed by atoms with Crippen LogP contribution in [0.5, 0.6) is 0 Å². The average Bonchev–Trinajstić information content (AvgIpc) is 3.38. The van der Waals surface area contributed by atoms with Crippen LogP contribution in [0.4, 0.5) is 0 Å². The monoisotopic (exact) mass is 512 g/mol. The maximum absolute atomic E-state index is 6.81. The number of nitrogens with zero attached hydrogens (tertiary/aromatic N) is 2. The highest BCUT2D eigenvalue weighted by Gasteiger charge is 2.65. The fraction of sp³-hybridized carbons (Fsp3) is 0.457. The lowest BCUT2D eigenvalue weighted by Gasteiger charge is -2.63. The second-order valence-corrected chi connectivity index (χ2v) is 13.2. The predicted molar refractivity (Wildman–Crippen MR) is 160 cm³/mol. The molecule has 3 saturated carbocycles. The highest BCUT2D eigenvalue weighted by molar-refractivity contribution is 6.79. The van der Waals surface area contributed by atoms with E-state index in [1.807, 2.05) is 0 Å². The standard InChI is InChI=1S/C35H37BN2O/c1-3-10-22(11-4-1)25-15-8-16-26(23-12-5-2-6-13-23)32(25)36-27-17-9-18-29-33(27)38-34-28(36)21-20-24-14-7-19-30(31(24)34)39-35(38)37-29/h1-6,8,10-13,15-16,24,27-31,33-34H,7,9,14,17-21H2. The van der Waals surface area contributed by atoms with Gasteiger partial charge in [0.1, 0.15) is 6.10 Å². The van der Waals surface area contributed by atoms with E-state index in [0.29, 0.717) is 48.5 Å². The van der Waals surface area contributed by atoms with Crippen molar-refractivity contribution in [1.82, 2.24) is 4.90 Å². The molecule has 4 heteroatoms. The Balaban J connectivity index is 1.28. The average molecular weight is 513 g/mol. The minimum Gasteiger partial charge on any atom is -0.461 e. The fourth-order valence-corrected chi connectivity index (χ4v) is 10.3. The first kappa shape index (κ1) is 22.8. The Morgan fingerprint density at radius 2 is 1.36 bits per heavy atom. The summed E-state index contributed by atoms with van der Waals surface area (Å²) in [5.41, 5.74) is 7.24. The molecule has 3 aromatic carbocycles. The molecular weight excluding hydrogens is 475 g/mol. The summed E-state index contributed by atoms with van der Waals surface area (Å²) >= 11 is 0. The van der Waals surface area contributed by atoms with Crippen molar-refractivity contribution in [1.29, 1.82) is 0 Å². The van der Waals surface area contributed by atoms with Crippen molar-refractivity contribution < 1.29 is 4.74 Å². The molecule has 0 bridgehead atoms. The van der Waals surface area contributed by atoms with E-state index in [2.05, 4.69) is 83.8 Å². The molecular formula is C35H37BN2O. The molecule has 0 spiro atoms. The summed E-state index contributed by atoms with van der Waals surface area (Å²) in [5, 5.41) is 0. The lowest BCUT2D eigenvalue weighted by atomic mass is 9.22. The summed E-state index contributed by atoms with van der Waals surface area (Å²) in [4.78, 5) is 8.15. The SMILES string of the molecule is c1ccc(-c2cccc(-c3ccccc3)c2B2C3CCCC4N=C5OC6CCCC7CCC2C(C76)N5C43)cc1. The normalized spacial score (nSPS) is 35.6. The van der Waals surface area contributed by atoms with Crippen molar-refractivity contribution in [2.75, 3.05) is 0 Å². The molecule has 2 saturated heterocycles. The van der Waals surface area contributed by atoms with Crippen molar-refractivity contribution in [2.24, 2.45) is 16.8 Å². The van der Waals surface area contributed by atoms with Crippen molar-refractivity contribution in [3.8, 4) is 22.3 Å². The van der Waals surface area contributed by atoms with Gasteiger partial charge in [-0.2, -0.15) is 0 Å².